The molecule has 1 heterocycles. The molecule has 2 rings (SSSR count). The maximum absolute atomic E-state index is 5.79. The molecule has 114 valence electrons. The molecule has 0 bridgehead atoms. The van der Waals surface area contributed by atoms with Crippen molar-refractivity contribution in [3.8, 4) is 5.75 Å². The number of benzene rings is 1. The van der Waals surface area contributed by atoms with Gasteiger partial charge in [0.2, 0.25) is 0 Å². The minimum Gasteiger partial charge on any atom is -0.492 e. The van der Waals surface area contributed by atoms with Gasteiger partial charge in [0, 0.05) is 19.1 Å². The molecule has 0 radical (unpaired) electrons. The summed E-state index contributed by atoms with van der Waals surface area (Å²) in [6, 6.07) is 10.6. The number of hydrogen-bond donors (Lipinski definition) is 1. The van der Waals surface area contributed by atoms with Crippen molar-refractivity contribution in [3.05, 3.63) is 47.3 Å². The van der Waals surface area contributed by atoms with E-state index in [0.29, 0.717) is 6.61 Å². The number of aryl methyl sites for hydroxylation is 3. The predicted molar refractivity (Wildman–Crippen MR) is 85.6 cm³/mol. The molecular formula is C17H25N3O. The van der Waals surface area contributed by atoms with Crippen molar-refractivity contribution in [2.45, 2.75) is 46.8 Å². The lowest BCUT2D eigenvalue weighted by Gasteiger charge is -2.15. The number of nitrogens with one attached hydrogen (secondary N) is 1. The second-order valence-corrected chi connectivity index (χ2v) is 5.50. The number of aromatic nitrogens is 2. The van der Waals surface area contributed by atoms with E-state index < -0.39 is 0 Å². The van der Waals surface area contributed by atoms with Gasteiger partial charge in [0.15, 0.2) is 0 Å². The fraction of sp³-hybridized carbons (Fsp3) is 0.471. The molecular weight excluding hydrogens is 262 g/mol. The summed E-state index contributed by atoms with van der Waals surface area (Å²) in [5.74, 6) is 0.920. The van der Waals surface area contributed by atoms with E-state index in [4.69, 9.17) is 4.74 Å². The lowest BCUT2D eigenvalue weighted by molar-refractivity contribution is 0.271. The molecule has 1 N–H and O–H groups in total. The first-order valence-electron chi connectivity index (χ1n) is 7.54. The Bertz CT molecular complexity index is 560. The van der Waals surface area contributed by atoms with E-state index >= 15 is 0 Å². The van der Waals surface area contributed by atoms with Crippen LogP contribution in [0, 0.1) is 13.8 Å². The summed E-state index contributed by atoms with van der Waals surface area (Å²) < 4.78 is 7.83. The van der Waals surface area contributed by atoms with Gasteiger partial charge in [-0.1, -0.05) is 17.7 Å². The Morgan fingerprint density at radius 1 is 1.24 bits per heavy atom. The van der Waals surface area contributed by atoms with Gasteiger partial charge >= 0.3 is 0 Å². The quantitative estimate of drug-likeness (QED) is 0.850. The maximum Gasteiger partial charge on any atom is 0.119 e. The maximum atomic E-state index is 5.79. The van der Waals surface area contributed by atoms with Crippen LogP contribution < -0.4 is 10.1 Å². The van der Waals surface area contributed by atoms with Gasteiger partial charge in [0.05, 0.1) is 11.4 Å². The summed E-state index contributed by atoms with van der Waals surface area (Å²) in [5, 5.41) is 7.94. The summed E-state index contributed by atoms with van der Waals surface area (Å²) in [4.78, 5) is 0. The minimum atomic E-state index is 0.284. The minimum absolute atomic E-state index is 0.284. The lowest BCUT2D eigenvalue weighted by Crippen LogP contribution is -2.32. The van der Waals surface area contributed by atoms with Gasteiger partial charge < -0.3 is 10.1 Å². The van der Waals surface area contributed by atoms with Gasteiger partial charge in [-0.05, 0) is 45.9 Å². The fourth-order valence-electron chi connectivity index (χ4n) is 2.21. The second kappa shape index (κ2) is 7.27. The number of hydrogen-bond acceptors (Lipinski definition) is 3. The van der Waals surface area contributed by atoms with Crippen molar-refractivity contribution in [3.63, 3.8) is 0 Å². The van der Waals surface area contributed by atoms with Crippen molar-refractivity contribution in [1.82, 2.24) is 15.1 Å². The normalized spacial score (nSPS) is 12.4. The highest BCUT2D eigenvalue weighted by Gasteiger charge is 2.07. The van der Waals surface area contributed by atoms with Crippen LogP contribution in [0.25, 0.3) is 0 Å². The molecule has 1 aromatic carbocycles. The second-order valence-electron chi connectivity index (χ2n) is 5.50. The molecule has 0 aliphatic heterocycles. The summed E-state index contributed by atoms with van der Waals surface area (Å²) in [5.41, 5.74) is 3.53. The highest BCUT2D eigenvalue weighted by atomic mass is 16.5. The zero-order chi connectivity index (χ0) is 15.2. The van der Waals surface area contributed by atoms with Gasteiger partial charge in [-0.15, -0.1) is 0 Å². The van der Waals surface area contributed by atoms with Crippen LogP contribution in [-0.4, -0.2) is 22.4 Å². The third-order valence-electron chi connectivity index (χ3n) is 3.44. The van der Waals surface area contributed by atoms with Crippen LogP contribution in [0.15, 0.2) is 30.3 Å². The molecule has 4 nitrogen and oxygen atoms in total. The van der Waals surface area contributed by atoms with Crippen LogP contribution >= 0.6 is 0 Å². The van der Waals surface area contributed by atoms with Crippen LogP contribution in [-0.2, 0) is 13.1 Å². The van der Waals surface area contributed by atoms with E-state index in [1.54, 1.807) is 0 Å². The van der Waals surface area contributed by atoms with E-state index in [2.05, 4.69) is 49.4 Å². The molecule has 1 unspecified atom stereocenters. The Labute approximate surface area is 127 Å². The van der Waals surface area contributed by atoms with Crippen LogP contribution in [0.5, 0.6) is 5.75 Å². The summed E-state index contributed by atoms with van der Waals surface area (Å²) in [7, 11) is 0. The molecule has 0 fully saturated rings. The topological polar surface area (TPSA) is 39.1 Å². The zero-order valence-electron chi connectivity index (χ0n) is 13.4. The van der Waals surface area contributed by atoms with Crippen molar-refractivity contribution < 1.29 is 4.74 Å². The highest BCUT2D eigenvalue weighted by molar-refractivity contribution is 5.26. The van der Waals surface area contributed by atoms with Crippen LogP contribution in [0.4, 0.5) is 0 Å². The largest absolute Gasteiger partial charge is 0.492 e. The Morgan fingerprint density at radius 2 is 1.95 bits per heavy atom. The molecule has 0 aliphatic rings. The molecule has 1 atom stereocenters. The lowest BCUT2D eigenvalue weighted by atomic mass is 10.2. The molecule has 0 saturated carbocycles. The fourth-order valence-corrected chi connectivity index (χ4v) is 2.21. The standard InChI is InChI=1S/C17H25N3O/c1-5-20-16(10-14(3)19-20)11-18-15(4)12-21-17-8-6-13(2)7-9-17/h6-10,15,18H,5,11-12H2,1-4H3. The summed E-state index contributed by atoms with van der Waals surface area (Å²) in [6.07, 6.45) is 0. The average Bonchev–Trinajstić information content (AvgIpc) is 2.84. The van der Waals surface area contributed by atoms with Gasteiger partial charge in [0.25, 0.3) is 0 Å². The smallest absolute Gasteiger partial charge is 0.119 e. The Morgan fingerprint density at radius 3 is 2.62 bits per heavy atom. The van der Waals surface area contributed by atoms with E-state index in [1.807, 2.05) is 23.7 Å². The Kier molecular flexibility index (Phi) is 5.39. The van der Waals surface area contributed by atoms with E-state index in [9.17, 15) is 0 Å². The molecule has 2 aromatic rings. The first-order valence-corrected chi connectivity index (χ1v) is 7.54. The number of ether oxygens (including phenoxy) is 1. The monoisotopic (exact) mass is 287 g/mol. The third kappa shape index (κ3) is 4.60. The Hall–Kier alpha value is -1.81. The van der Waals surface area contributed by atoms with Gasteiger partial charge in [-0.25, -0.2) is 0 Å². The van der Waals surface area contributed by atoms with E-state index in [0.717, 1.165) is 24.5 Å². The summed E-state index contributed by atoms with van der Waals surface area (Å²) in [6.45, 7) is 10.7. The van der Waals surface area contributed by atoms with Crippen molar-refractivity contribution >= 4 is 0 Å². The van der Waals surface area contributed by atoms with Crippen molar-refractivity contribution in [2.75, 3.05) is 6.61 Å². The zero-order valence-corrected chi connectivity index (χ0v) is 13.4. The number of nitrogens with zero attached hydrogens (tertiary/aromatic N) is 2. The molecule has 21 heavy (non-hydrogen) atoms. The first-order chi connectivity index (χ1) is 10.1. The number of rotatable bonds is 7. The molecule has 0 amide bonds. The van der Waals surface area contributed by atoms with Crippen LogP contribution in [0.3, 0.4) is 0 Å². The molecule has 4 heteroatoms. The Balaban J connectivity index is 1.79. The van der Waals surface area contributed by atoms with Gasteiger partial charge in [-0.3, -0.25) is 4.68 Å². The molecule has 1 aromatic heterocycles. The van der Waals surface area contributed by atoms with E-state index in [-0.39, 0.29) is 6.04 Å². The summed E-state index contributed by atoms with van der Waals surface area (Å²) >= 11 is 0. The van der Waals surface area contributed by atoms with Gasteiger partial charge in [-0.2, -0.15) is 5.10 Å². The predicted octanol–water partition coefficient (Wildman–Crippen LogP) is 3.08. The van der Waals surface area contributed by atoms with Crippen molar-refractivity contribution in [2.24, 2.45) is 0 Å². The van der Waals surface area contributed by atoms with Crippen molar-refractivity contribution in [1.29, 1.82) is 0 Å². The third-order valence-corrected chi connectivity index (χ3v) is 3.44. The molecule has 0 aliphatic carbocycles. The van der Waals surface area contributed by atoms with Crippen LogP contribution in [0.2, 0.25) is 0 Å². The highest BCUT2D eigenvalue weighted by Crippen LogP contribution is 2.11. The molecule has 0 spiro atoms. The molecule has 0 saturated heterocycles. The van der Waals surface area contributed by atoms with E-state index in [1.165, 1.54) is 11.3 Å². The van der Waals surface area contributed by atoms with Gasteiger partial charge in [0.1, 0.15) is 12.4 Å². The van der Waals surface area contributed by atoms with Crippen LogP contribution in [0.1, 0.15) is 30.8 Å². The average molecular weight is 287 g/mol. The SMILES string of the molecule is CCn1nc(C)cc1CNC(C)COc1ccc(C)cc1. The first kappa shape index (κ1) is 15.6.